The van der Waals surface area contributed by atoms with Crippen molar-refractivity contribution >= 4 is 6.16 Å². The van der Waals surface area contributed by atoms with E-state index < -0.39 is 17.4 Å². The SMILES string of the molecule is CC(C)CCCC(C)C1CCC2C3CC=C4CC(OC(=O)OCC5(C)OOC5(C)C)CCC4(C)C3CCC12C. The molecule has 0 aromatic heterocycles. The van der Waals surface area contributed by atoms with Crippen molar-refractivity contribution in [2.75, 3.05) is 6.61 Å². The lowest BCUT2D eigenvalue weighted by Gasteiger charge is -2.58. The molecule has 1 saturated heterocycles. The zero-order valence-corrected chi connectivity index (χ0v) is 26.1. The molecule has 4 aliphatic carbocycles. The zero-order valence-electron chi connectivity index (χ0n) is 26.1. The van der Waals surface area contributed by atoms with Crippen LogP contribution in [-0.2, 0) is 19.2 Å². The van der Waals surface area contributed by atoms with Gasteiger partial charge >= 0.3 is 6.16 Å². The summed E-state index contributed by atoms with van der Waals surface area (Å²) in [7, 11) is 0. The first-order valence-corrected chi connectivity index (χ1v) is 16.2. The Hall–Kier alpha value is -1.07. The summed E-state index contributed by atoms with van der Waals surface area (Å²) < 4.78 is 11.3. The number of fused-ring (bicyclic) bond motifs is 5. The zero-order chi connectivity index (χ0) is 28.2. The number of allylic oxidation sites excluding steroid dienone is 1. The molecule has 4 fully saturated rings. The smallest absolute Gasteiger partial charge is 0.431 e. The number of hydrogen-bond donors (Lipinski definition) is 0. The van der Waals surface area contributed by atoms with Crippen LogP contribution in [0.3, 0.4) is 0 Å². The van der Waals surface area contributed by atoms with Gasteiger partial charge in [-0.1, -0.05) is 65.5 Å². The van der Waals surface area contributed by atoms with Gasteiger partial charge < -0.3 is 9.47 Å². The molecule has 0 N–H and O–H groups in total. The highest BCUT2D eigenvalue weighted by Crippen LogP contribution is 2.67. The molecule has 5 nitrogen and oxygen atoms in total. The maximum absolute atomic E-state index is 12.6. The third-order valence-corrected chi connectivity index (χ3v) is 12.7. The van der Waals surface area contributed by atoms with Crippen molar-refractivity contribution in [2.24, 2.45) is 46.3 Å². The molecule has 0 aromatic rings. The van der Waals surface area contributed by atoms with E-state index in [9.17, 15) is 4.79 Å². The van der Waals surface area contributed by atoms with E-state index in [1.807, 2.05) is 20.8 Å². The summed E-state index contributed by atoms with van der Waals surface area (Å²) >= 11 is 0. The van der Waals surface area contributed by atoms with Crippen molar-refractivity contribution < 1.29 is 24.0 Å². The monoisotopic (exact) mass is 544 g/mol. The number of carbonyl (C=O) groups excluding carboxylic acids is 1. The van der Waals surface area contributed by atoms with E-state index in [-0.39, 0.29) is 18.1 Å². The molecule has 3 saturated carbocycles. The first-order valence-electron chi connectivity index (χ1n) is 16.2. The Labute approximate surface area is 238 Å². The molecule has 0 spiro atoms. The lowest BCUT2D eigenvalue weighted by molar-refractivity contribution is -0.543. The van der Waals surface area contributed by atoms with Crippen LogP contribution in [0.15, 0.2) is 11.6 Å². The minimum atomic E-state index is -0.640. The second kappa shape index (κ2) is 10.6. The Kier molecular flexibility index (Phi) is 8.03. The van der Waals surface area contributed by atoms with Gasteiger partial charge in [0.05, 0.1) is 0 Å². The van der Waals surface area contributed by atoms with Crippen LogP contribution < -0.4 is 0 Å². The maximum Gasteiger partial charge on any atom is 0.508 e. The summed E-state index contributed by atoms with van der Waals surface area (Å²) in [5.41, 5.74) is 1.19. The number of hydrogen-bond acceptors (Lipinski definition) is 5. The van der Waals surface area contributed by atoms with Crippen LogP contribution in [0.4, 0.5) is 4.79 Å². The molecule has 0 radical (unpaired) electrons. The van der Waals surface area contributed by atoms with Crippen molar-refractivity contribution in [1.82, 2.24) is 0 Å². The third-order valence-electron chi connectivity index (χ3n) is 12.7. The number of ether oxygens (including phenoxy) is 2. The second-order valence-corrected chi connectivity index (χ2v) is 15.7. The van der Waals surface area contributed by atoms with Gasteiger partial charge in [-0.15, -0.1) is 0 Å². The average Bonchev–Trinajstić information content (AvgIpc) is 3.24. The Morgan fingerprint density at radius 1 is 0.974 bits per heavy atom. The Morgan fingerprint density at radius 3 is 2.41 bits per heavy atom. The van der Waals surface area contributed by atoms with Gasteiger partial charge in [-0.25, -0.2) is 14.6 Å². The van der Waals surface area contributed by atoms with Crippen LogP contribution in [0.25, 0.3) is 0 Å². The van der Waals surface area contributed by atoms with Crippen molar-refractivity contribution in [3.8, 4) is 0 Å². The van der Waals surface area contributed by atoms with Gasteiger partial charge in [0.15, 0.2) is 5.60 Å². The van der Waals surface area contributed by atoms with Crippen LogP contribution in [0.2, 0.25) is 0 Å². The fourth-order valence-corrected chi connectivity index (χ4v) is 9.67. The molecule has 5 aliphatic rings. The Morgan fingerprint density at radius 2 is 1.74 bits per heavy atom. The molecule has 0 amide bonds. The predicted molar refractivity (Wildman–Crippen MR) is 154 cm³/mol. The fourth-order valence-electron chi connectivity index (χ4n) is 9.67. The summed E-state index contributed by atoms with van der Waals surface area (Å²) in [6.07, 6.45) is 15.8. The van der Waals surface area contributed by atoms with Gasteiger partial charge in [-0.05, 0) is 112 Å². The molecular weight excluding hydrogens is 488 g/mol. The lowest BCUT2D eigenvalue weighted by Crippen LogP contribution is -2.64. The van der Waals surface area contributed by atoms with Crippen LogP contribution >= 0.6 is 0 Å². The van der Waals surface area contributed by atoms with E-state index in [1.54, 1.807) is 0 Å². The number of carbonyl (C=O) groups is 1. The van der Waals surface area contributed by atoms with Crippen molar-refractivity contribution in [3.05, 3.63) is 11.6 Å². The van der Waals surface area contributed by atoms with E-state index in [4.69, 9.17) is 19.2 Å². The van der Waals surface area contributed by atoms with Crippen molar-refractivity contribution in [3.63, 3.8) is 0 Å². The predicted octanol–water partition coefficient (Wildman–Crippen LogP) is 9.05. The standard InChI is InChI=1S/C34H56O5/c1-22(2)10-9-11-23(3)27-14-15-28-26-13-12-24-20-25(16-18-32(24,6)29(26)17-19-33(27,28)7)37-30(35)36-21-34(8)31(4,5)38-39-34/h12,22-23,25-29H,9-11,13-21H2,1-8H3. The summed E-state index contributed by atoms with van der Waals surface area (Å²) in [6, 6.07) is 0. The first-order chi connectivity index (χ1) is 18.3. The van der Waals surface area contributed by atoms with E-state index in [0.29, 0.717) is 5.41 Å². The summed E-state index contributed by atoms with van der Waals surface area (Å²) in [5.74, 6) is 5.04. The summed E-state index contributed by atoms with van der Waals surface area (Å²) in [4.78, 5) is 23.0. The van der Waals surface area contributed by atoms with E-state index >= 15 is 0 Å². The minimum Gasteiger partial charge on any atom is -0.431 e. The molecule has 9 atom stereocenters. The summed E-state index contributed by atoms with van der Waals surface area (Å²) in [5, 5.41) is 0. The van der Waals surface area contributed by atoms with Crippen LogP contribution in [0.5, 0.6) is 0 Å². The van der Waals surface area contributed by atoms with E-state index in [2.05, 4.69) is 40.7 Å². The molecule has 0 bridgehead atoms. The van der Waals surface area contributed by atoms with E-state index in [0.717, 1.165) is 54.8 Å². The minimum absolute atomic E-state index is 0.0934. The Balaban J connectivity index is 1.18. The fraction of sp³-hybridized carbons (Fsp3) is 0.912. The maximum atomic E-state index is 12.6. The average molecular weight is 545 g/mol. The van der Waals surface area contributed by atoms with Gasteiger partial charge in [0, 0.05) is 6.42 Å². The highest BCUT2D eigenvalue weighted by atomic mass is 17.3. The highest BCUT2D eigenvalue weighted by molar-refractivity contribution is 5.60. The quantitative estimate of drug-likeness (QED) is 0.173. The molecule has 39 heavy (non-hydrogen) atoms. The van der Waals surface area contributed by atoms with Gasteiger partial charge in [-0.3, -0.25) is 0 Å². The molecule has 222 valence electrons. The number of rotatable bonds is 8. The lowest BCUT2D eigenvalue weighted by atomic mass is 9.47. The van der Waals surface area contributed by atoms with Gasteiger partial charge in [-0.2, -0.15) is 0 Å². The first kappa shape index (κ1) is 29.4. The molecule has 0 aromatic carbocycles. The summed E-state index contributed by atoms with van der Waals surface area (Å²) in [6.45, 7) is 18.4. The van der Waals surface area contributed by atoms with Crippen LogP contribution in [0, 0.1) is 46.3 Å². The molecule has 5 rings (SSSR count). The van der Waals surface area contributed by atoms with Crippen molar-refractivity contribution in [2.45, 2.75) is 143 Å². The van der Waals surface area contributed by atoms with Gasteiger partial charge in [0.2, 0.25) is 0 Å². The molecule has 5 heteroatoms. The highest BCUT2D eigenvalue weighted by Gasteiger charge is 2.59. The van der Waals surface area contributed by atoms with Gasteiger partial charge in [0.25, 0.3) is 0 Å². The van der Waals surface area contributed by atoms with Crippen LogP contribution in [0.1, 0.15) is 126 Å². The molecular formula is C34H56O5. The van der Waals surface area contributed by atoms with Crippen LogP contribution in [-0.4, -0.2) is 30.1 Å². The Bertz CT molecular complexity index is 940. The topological polar surface area (TPSA) is 54.0 Å². The van der Waals surface area contributed by atoms with E-state index in [1.165, 1.54) is 56.9 Å². The largest absolute Gasteiger partial charge is 0.508 e. The molecule has 1 aliphatic heterocycles. The normalized spacial score (nSPS) is 43.4. The van der Waals surface area contributed by atoms with Gasteiger partial charge in [0.1, 0.15) is 18.3 Å². The van der Waals surface area contributed by atoms with Crippen molar-refractivity contribution in [1.29, 1.82) is 0 Å². The molecule has 9 unspecified atom stereocenters. The third kappa shape index (κ3) is 5.22. The second-order valence-electron chi connectivity index (χ2n) is 15.7. The molecule has 1 heterocycles.